The molecule has 4 N–H and O–H groups in total. The van der Waals surface area contributed by atoms with Crippen molar-refractivity contribution in [3.63, 3.8) is 0 Å². The number of aromatic hydroxyl groups is 2. The first-order valence-electron chi connectivity index (χ1n) is 17.5. The minimum Gasteiger partial charge on any atom is -0.508 e. The van der Waals surface area contributed by atoms with E-state index < -0.39 is 11.9 Å². The van der Waals surface area contributed by atoms with Gasteiger partial charge >= 0.3 is 5.97 Å². The summed E-state index contributed by atoms with van der Waals surface area (Å²) < 4.78 is 22.8. The fourth-order valence-electron chi connectivity index (χ4n) is 5.87. The molecule has 13 heteroatoms. The zero-order valence-electron chi connectivity index (χ0n) is 29.9. The maximum atomic E-state index is 13.2. The third kappa shape index (κ3) is 10.3. The van der Waals surface area contributed by atoms with Crippen LogP contribution in [0.15, 0.2) is 123 Å². The molecule has 0 spiro atoms. The lowest BCUT2D eigenvalue weighted by molar-refractivity contribution is -0.107. The molecule has 4 aromatic rings. The highest BCUT2D eigenvalue weighted by Gasteiger charge is 2.23. The second-order valence-corrected chi connectivity index (χ2v) is 13.4. The Bertz CT molecular complexity index is 2410. The van der Waals surface area contributed by atoms with Crippen LogP contribution in [-0.2, 0) is 25.6 Å². The number of fused-ring (bicyclic) bond motifs is 2. The fourth-order valence-corrected chi connectivity index (χ4v) is 6.53. The first kappa shape index (κ1) is 39.4. The number of carbonyl (C=O) groups excluding carboxylic acids is 2. The third-order valence-electron chi connectivity index (χ3n) is 8.48. The van der Waals surface area contributed by atoms with E-state index in [2.05, 4.69) is 5.32 Å². The van der Waals surface area contributed by atoms with Crippen molar-refractivity contribution in [1.29, 1.82) is 0 Å². The van der Waals surface area contributed by atoms with Crippen LogP contribution in [0.5, 0.6) is 11.5 Å². The van der Waals surface area contributed by atoms with Crippen molar-refractivity contribution in [2.75, 3.05) is 39.6 Å². The Morgan fingerprint density at radius 3 is 2.27 bits per heavy atom. The van der Waals surface area contributed by atoms with Crippen molar-refractivity contribution >= 4 is 45.8 Å². The minimum atomic E-state index is -1.21. The molecule has 1 heterocycles. The molecule has 2 aliphatic rings. The van der Waals surface area contributed by atoms with Gasteiger partial charge in [0.25, 0.3) is 5.91 Å². The average Bonchev–Trinajstić information content (AvgIpc) is 3.18. The van der Waals surface area contributed by atoms with Gasteiger partial charge in [-0.05, 0) is 101 Å². The van der Waals surface area contributed by atoms with Crippen LogP contribution in [-0.4, -0.2) is 71.9 Å². The van der Waals surface area contributed by atoms with Gasteiger partial charge in [-0.2, -0.15) is 0 Å². The van der Waals surface area contributed by atoms with E-state index in [-0.39, 0.29) is 89.7 Å². The van der Waals surface area contributed by atoms with Crippen LogP contribution in [0.2, 0.25) is 0 Å². The second-order valence-electron chi connectivity index (χ2n) is 12.4. The van der Waals surface area contributed by atoms with E-state index in [4.69, 9.17) is 18.6 Å². The van der Waals surface area contributed by atoms with E-state index in [1.54, 1.807) is 36.4 Å². The minimum absolute atomic E-state index is 0.0632. The van der Waals surface area contributed by atoms with Crippen LogP contribution >= 0.6 is 11.8 Å². The summed E-state index contributed by atoms with van der Waals surface area (Å²) in [5, 5.41) is 33.2. The molecule has 0 bridgehead atoms. The number of hydrogen-bond donors (Lipinski definition) is 4. The maximum absolute atomic E-state index is 13.2. The lowest BCUT2D eigenvalue weighted by Crippen LogP contribution is -2.27. The largest absolute Gasteiger partial charge is 0.508 e. The molecule has 1 amide bonds. The molecule has 0 radical (unpaired) electrons. The molecule has 0 unspecified atom stereocenters. The highest BCUT2D eigenvalue weighted by atomic mass is 32.2. The van der Waals surface area contributed by atoms with Crippen molar-refractivity contribution in [1.82, 2.24) is 5.32 Å². The first-order chi connectivity index (χ1) is 27.2. The highest BCUT2D eigenvalue weighted by Crippen LogP contribution is 2.42. The molecule has 12 nitrogen and oxygen atoms in total. The molecule has 56 heavy (non-hydrogen) atoms. The molecular formula is C43H37NO11S. The number of hydrogen-bond acceptors (Lipinski definition) is 11. The van der Waals surface area contributed by atoms with E-state index >= 15 is 0 Å². The van der Waals surface area contributed by atoms with Crippen molar-refractivity contribution in [3.05, 3.63) is 142 Å². The smallest absolute Gasteiger partial charge is 0.336 e. The molecule has 0 atom stereocenters. The highest BCUT2D eigenvalue weighted by molar-refractivity contribution is 8.14. The van der Waals surface area contributed by atoms with E-state index in [9.17, 15) is 34.5 Å². The Hall–Kier alpha value is -6.25. The number of carboxylic acid groups (broad SMARTS) is 1. The van der Waals surface area contributed by atoms with Crippen molar-refractivity contribution in [2.24, 2.45) is 0 Å². The molecule has 1 aliphatic carbocycles. The number of amides is 1. The molecule has 4 aromatic carbocycles. The SMILES string of the molecule is O=C(/C=C/c1ccc(O)cc1COCCOCCOCCNC(=O)c1ccc(C(=O)O)c(-c2c3ccc(=O)cc-3oc3cc(O)ccc23)c1)Sc1ccccc1. The standard InChI is InChI=1S/C43H37NO11S/c45-30-9-6-27(8-15-40(48)56-33-4-2-1-3-5-33)29(22-30)26-54-21-20-53-19-18-52-17-16-44-42(49)28-7-12-34(43(50)51)37(23-28)41-35-13-10-31(46)24-38(35)55-39-25-32(47)11-14-36(39)41/h1-15,22-25,45-46H,16-21,26H2,(H,44,49)(H,50,51)/b15-8+. The van der Waals surface area contributed by atoms with Gasteiger partial charge in [0, 0.05) is 45.6 Å². The van der Waals surface area contributed by atoms with E-state index in [1.807, 2.05) is 30.3 Å². The molecule has 0 saturated carbocycles. The van der Waals surface area contributed by atoms with Crippen LogP contribution in [0.4, 0.5) is 0 Å². The zero-order chi connectivity index (χ0) is 39.4. The summed E-state index contributed by atoms with van der Waals surface area (Å²) in [7, 11) is 0. The maximum Gasteiger partial charge on any atom is 0.336 e. The van der Waals surface area contributed by atoms with Gasteiger partial charge in [-0.15, -0.1) is 0 Å². The van der Waals surface area contributed by atoms with E-state index in [0.717, 1.165) is 27.8 Å². The Kier molecular flexibility index (Phi) is 13.3. The van der Waals surface area contributed by atoms with Crippen molar-refractivity contribution < 1.29 is 48.3 Å². The van der Waals surface area contributed by atoms with Crippen molar-refractivity contribution in [3.8, 4) is 33.9 Å². The van der Waals surface area contributed by atoms with Crippen LogP contribution in [0.25, 0.3) is 39.5 Å². The summed E-state index contributed by atoms with van der Waals surface area (Å²) in [6.07, 6.45) is 3.19. The number of carbonyl (C=O) groups is 3. The number of benzene rings is 5. The number of thioether (sulfide) groups is 1. The predicted octanol–water partition coefficient (Wildman–Crippen LogP) is 6.99. The molecule has 0 fully saturated rings. The summed E-state index contributed by atoms with van der Waals surface area (Å²) in [5.74, 6) is -1.45. The number of phenolic OH excluding ortho intramolecular Hbond substituents is 2. The van der Waals surface area contributed by atoms with Crippen molar-refractivity contribution in [2.45, 2.75) is 11.5 Å². The summed E-state index contributed by atoms with van der Waals surface area (Å²) in [4.78, 5) is 50.8. The van der Waals surface area contributed by atoms with Gasteiger partial charge in [0.05, 0.1) is 45.2 Å². The molecule has 0 aromatic heterocycles. The normalized spacial score (nSPS) is 11.4. The molecular weight excluding hydrogens is 739 g/mol. The predicted molar refractivity (Wildman–Crippen MR) is 211 cm³/mol. The van der Waals surface area contributed by atoms with Gasteiger partial charge in [-0.3, -0.25) is 14.4 Å². The lowest BCUT2D eigenvalue weighted by Gasteiger charge is -2.17. The fraction of sp³-hybridized carbons (Fsp3) is 0.163. The Morgan fingerprint density at radius 2 is 1.48 bits per heavy atom. The summed E-state index contributed by atoms with van der Waals surface area (Å²) in [6.45, 7) is 1.71. The van der Waals surface area contributed by atoms with E-state index in [1.165, 1.54) is 48.5 Å². The Balaban J connectivity index is 0.952. The number of aromatic carboxylic acids is 1. The molecule has 0 saturated heterocycles. The van der Waals surface area contributed by atoms with Gasteiger partial charge in [0.2, 0.25) is 5.12 Å². The topological polar surface area (TPSA) is 182 Å². The monoisotopic (exact) mass is 775 g/mol. The number of rotatable bonds is 17. The van der Waals surface area contributed by atoms with Crippen LogP contribution in [0.1, 0.15) is 31.8 Å². The van der Waals surface area contributed by atoms with Gasteiger partial charge < -0.3 is 39.3 Å². The molecule has 6 rings (SSSR count). The van der Waals surface area contributed by atoms with Gasteiger partial charge in [0.15, 0.2) is 5.43 Å². The quantitative estimate of drug-likeness (QED) is 0.0323. The summed E-state index contributed by atoms with van der Waals surface area (Å²) in [6, 6.07) is 27.0. The lowest BCUT2D eigenvalue weighted by atomic mass is 9.89. The van der Waals surface area contributed by atoms with Crippen LogP contribution in [0.3, 0.4) is 0 Å². The summed E-state index contributed by atoms with van der Waals surface area (Å²) in [5.41, 5.74) is 2.68. The van der Waals surface area contributed by atoms with Gasteiger partial charge in [0.1, 0.15) is 22.8 Å². The van der Waals surface area contributed by atoms with Gasteiger partial charge in [-0.25, -0.2) is 4.79 Å². The average molecular weight is 776 g/mol. The first-order valence-corrected chi connectivity index (χ1v) is 18.3. The Labute approximate surface area is 325 Å². The zero-order valence-corrected chi connectivity index (χ0v) is 30.8. The Morgan fingerprint density at radius 1 is 0.750 bits per heavy atom. The summed E-state index contributed by atoms with van der Waals surface area (Å²) >= 11 is 1.13. The number of ether oxygens (including phenoxy) is 3. The molecule has 1 aliphatic heterocycles. The van der Waals surface area contributed by atoms with Crippen LogP contribution in [0, 0.1) is 0 Å². The second kappa shape index (κ2) is 18.9. The number of phenols is 2. The van der Waals surface area contributed by atoms with E-state index in [0.29, 0.717) is 23.1 Å². The van der Waals surface area contributed by atoms with Gasteiger partial charge in [-0.1, -0.05) is 30.3 Å². The third-order valence-corrected chi connectivity index (χ3v) is 9.32. The molecule has 286 valence electrons. The number of carboxylic acids is 1. The number of nitrogens with one attached hydrogen (secondary N) is 1. The van der Waals surface area contributed by atoms with Crippen LogP contribution < -0.4 is 10.7 Å².